The van der Waals surface area contributed by atoms with Crippen LogP contribution in [0.15, 0.2) is 30.5 Å². The number of aromatic nitrogens is 1. The van der Waals surface area contributed by atoms with E-state index in [4.69, 9.17) is 9.47 Å². The van der Waals surface area contributed by atoms with Crippen LogP contribution in [0.4, 0.5) is 5.13 Å². The second-order valence-electron chi connectivity index (χ2n) is 4.20. The van der Waals surface area contributed by atoms with Crippen molar-refractivity contribution in [1.29, 1.82) is 0 Å². The SMILES string of the molecule is COc1ccc(OC(C)C(=O)Nc2ncc(C)s2)cc1. The highest BCUT2D eigenvalue weighted by atomic mass is 32.1. The number of thiazole rings is 1. The number of nitrogens with one attached hydrogen (secondary N) is 1. The number of hydrogen-bond donors (Lipinski definition) is 1. The average molecular weight is 292 g/mol. The number of nitrogens with zero attached hydrogens (tertiary/aromatic N) is 1. The Morgan fingerprint density at radius 2 is 1.95 bits per heavy atom. The van der Waals surface area contributed by atoms with Gasteiger partial charge in [-0.15, -0.1) is 11.3 Å². The molecule has 1 amide bonds. The molecule has 1 atom stereocenters. The quantitative estimate of drug-likeness (QED) is 0.920. The number of methoxy groups -OCH3 is 1. The van der Waals surface area contributed by atoms with Gasteiger partial charge in [-0.25, -0.2) is 4.98 Å². The molecule has 6 heteroatoms. The largest absolute Gasteiger partial charge is 0.497 e. The molecule has 0 saturated heterocycles. The normalized spacial score (nSPS) is 11.8. The predicted octanol–water partition coefficient (Wildman–Crippen LogP) is 2.87. The standard InChI is InChI=1S/C14H16N2O3S/c1-9-8-15-14(20-9)16-13(17)10(2)19-12-6-4-11(18-3)5-7-12/h4-8,10H,1-3H3,(H,15,16,17). The number of carbonyl (C=O) groups is 1. The molecule has 0 radical (unpaired) electrons. The molecule has 2 aromatic rings. The number of ether oxygens (including phenoxy) is 2. The highest BCUT2D eigenvalue weighted by molar-refractivity contribution is 7.15. The molecule has 0 aliphatic rings. The highest BCUT2D eigenvalue weighted by Gasteiger charge is 2.16. The first-order chi connectivity index (χ1) is 9.58. The zero-order valence-electron chi connectivity index (χ0n) is 11.5. The third-order valence-electron chi connectivity index (χ3n) is 2.59. The molecule has 5 nitrogen and oxygen atoms in total. The summed E-state index contributed by atoms with van der Waals surface area (Å²) in [6, 6.07) is 7.08. The highest BCUT2D eigenvalue weighted by Crippen LogP contribution is 2.20. The molecular weight excluding hydrogens is 276 g/mol. The maximum absolute atomic E-state index is 12.0. The summed E-state index contributed by atoms with van der Waals surface area (Å²) in [7, 11) is 1.60. The van der Waals surface area contributed by atoms with E-state index in [1.165, 1.54) is 11.3 Å². The van der Waals surface area contributed by atoms with Gasteiger partial charge in [0.25, 0.3) is 5.91 Å². The number of hydrogen-bond acceptors (Lipinski definition) is 5. The van der Waals surface area contributed by atoms with Gasteiger partial charge in [-0.05, 0) is 38.1 Å². The minimum atomic E-state index is -0.604. The zero-order chi connectivity index (χ0) is 14.5. The fraction of sp³-hybridized carbons (Fsp3) is 0.286. The Bertz CT molecular complexity index is 580. The first-order valence-electron chi connectivity index (χ1n) is 6.12. The summed E-state index contributed by atoms with van der Waals surface area (Å²) >= 11 is 1.43. The molecular formula is C14H16N2O3S. The topological polar surface area (TPSA) is 60.5 Å². The Balaban J connectivity index is 1.92. The van der Waals surface area contributed by atoms with Crippen LogP contribution in [0, 0.1) is 6.92 Å². The third kappa shape index (κ3) is 3.71. The van der Waals surface area contributed by atoms with Gasteiger partial charge in [0.15, 0.2) is 11.2 Å². The second kappa shape index (κ2) is 6.38. The van der Waals surface area contributed by atoms with Crippen molar-refractivity contribution >= 4 is 22.4 Å². The van der Waals surface area contributed by atoms with Crippen molar-refractivity contribution in [3.8, 4) is 11.5 Å². The van der Waals surface area contributed by atoms with Crippen LogP contribution in [-0.2, 0) is 4.79 Å². The molecule has 106 valence electrons. The molecule has 0 fully saturated rings. The smallest absolute Gasteiger partial charge is 0.266 e. The monoisotopic (exact) mass is 292 g/mol. The van der Waals surface area contributed by atoms with Crippen LogP contribution >= 0.6 is 11.3 Å². The first-order valence-corrected chi connectivity index (χ1v) is 6.94. The fourth-order valence-electron chi connectivity index (χ4n) is 1.53. The molecule has 1 aromatic carbocycles. The number of carbonyl (C=O) groups excluding carboxylic acids is 1. The van der Waals surface area contributed by atoms with Crippen LogP contribution in [0.3, 0.4) is 0 Å². The molecule has 1 heterocycles. The Morgan fingerprint density at radius 3 is 2.50 bits per heavy atom. The van der Waals surface area contributed by atoms with E-state index < -0.39 is 6.10 Å². The van der Waals surface area contributed by atoms with E-state index in [0.29, 0.717) is 10.9 Å². The maximum atomic E-state index is 12.0. The van der Waals surface area contributed by atoms with Gasteiger partial charge in [0.05, 0.1) is 7.11 Å². The van der Waals surface area contributed by atoms with Crippen molar-refractivity contribution in [2.75, 3.05) is 12.4 Å². The summed E-state index contributed by atoms with van der Waals surface area (Å²) in [4.78, 5) is 17.1. The lowest BCUT2D eigenvalue weighted by molar-refractivity contribution is -0.122. The summed E-state index contributed by atoms with van der Waals surface area (Å²) in [6.45, 7) is 3.63. The summed E-state index contributed by atoms with van der Waals surface area (Å²) in [6.07, 6.45) is 1.11. The second-order valence-corrected chi connectivity index (χ2v) is 5.44. The Labute approximate surface area is 121 Å². The van der Waals surface area contributed by atoms with Gasteiger partial charge in [0.2, 0.25) is 0 Å². The van der Waals surface area contributed by atoms with Gasteiger partial charge in [-0.1, -0.05) is 0 Å². The van der Waals surface area contributed by atoms with Crippen molar-refractivity contribution in [2.45, 2.75) is 20.0 Å². The van der Waals surface area contributed by atoms with E-state index in [1.807, 2.05) is 6.92 Å². The lowest BCUT2D eigenvalue weighted by atomic mass is 10.3. The minimum absolute atomic E-state index is 0.227. The van der Waals surface area contributed by atoms with Crippen LogP contribution < -0.4 is 14.8 Å². The Hall–Kier alpha value is -2.08. The lowest BCUT2D eigenvalue weighted by Crippen LogP contribution is -2.30. The van der Waals surface area contributed by atoms with Crippen LogP contribution in [0.1, 0.15) is 11.8 Å². The number of amides is 1. The first kappa shape index (κ1) is 14.3. The lowest BCUT2D eigenvalue weighted by Gasteiger charge is -2.13. The molecule has 0 aliphatic heterocycles. The van der Waals surface area contributed by atoms with E-state index in [2.05, 4.69) is 10.3 Å². The summed E-state index contributed by atoms with van der Waals surface area (Å²) in [5, 5.41) is 3.31. The number of anilines is 1. The molecule has 0 saturated carbocycles. The van der Waals surface area contributed by atoms with Crippen LogP contribution in [0.2, 0.25) is 0 Å². The number of aryl methyl sites for hydroxylation is 1. The van der Waals surface area contributed by atoms with E-state index in [0.717, 1.165) is 10.6 Å². The average Bonchev–Trinajstić information content (AvgIpc) is 2.85. The molecule has 1 unspecified atom stereocenters. The number of rotatable bonds is 5. The van der Waals surface area contributed by atoms with Crippen molar-refractivity contribution in [3.05, 3.63) is 35.3 Å². The molecule has 0 aliphatic carbocycles. The summed E-state index contributed by atoms with van der Waals surface area (Å²) in [5.41, 5.74) is 0. The van der Waals surface area contributed by atoms with Gasteiger partial charge < -0.3 is 9.47 Å². The van der Waals surface area contributed by atoms with Crippen molar-refractivity contribution in [3.63, 3.8) is 0 Å². The Morgan fingerprint density at radius 1 is 1.30 bits per heavy atom. The van der Waals surface area contributed by atoms with Gasteiger partial charge in [-0.2, -0.15) is 0 Å². The molecule has 0 spiro atoms. The number of benzene rings is 1. The summed E-state index contributed by atoms with van der Waals surface area (Å²) in [5.74, 6) is 1.13. The predicted molar refractivity (Wildman–Crippen MR) is 78.6 cm³/mol. The van der Waals surface area contributed by atoms with Gasteiger partial charge >= 0.3 is 0 Å². The van der Waals surface area contributed by atoms with Gasteiger partial charge in [0.1, 0.15) is 11.5 Å². The van der Waals surface area contributed by atoms with Crippen molar-refractivity contribution in [1.82, 2.24) is 4.98 Å². The van der Waals surface area contributed by atoms with E-state index in [1.54, 1.807) is 44.5 Å². The molecule has 2 rings (SSSR count). The third-order valence-corrected chi connectivity index (χ3v) is 3.42. The van der Waals surface area contributed by atoms with E-state index in [9.17, 15) is 4.79 Å². The van der Waals surface area contributed by atoms with Crippen LogP contribution in [-0.4, -0.2) is 24.1 Å². The molecule has 20 heavy (non-hydrogen) atoms. The fourth-order valence-corrected chi connectivity index (χ4v) is 2.20. The molecule has 1 N–H and O–H groups in total. The van der Waals surface area contributed by atoms with E-state index >= 15 is 0 Å². The summed E-state index contributed by atoms with van der Waals surface area (Å²) < 4.78 is 10.6. The van der Waals surface area contributed by atoms with Crippen molar-refractivity contribution < 1.29 is 14.3 Å². The van der Waals surface area contributed by atoms with Gasteiger partial charge in [-0.3, -0.25) is 10.1 Å². The van der Waals surface area contributed by atoms with Crippen molar-refractivity contribution in [2.24, 2.45) is 0 Å². The zero-order valence-corrected chi connectivity index (χ0v) is 12.4. The molecule has 0 bridgehead atoms. The van der Waals surface area contributed by atoms with Gasteiger partial charge in [0, 0.05) is 11.1 Å². The van der Waals surface area contributed by atoms with Crippen LogP contribution in [0.25, 0.3) is 0 Å². The Kier molecular flexibility index (Phi) is 4.57. The minimum Gasteiger partial charge on any atom is -0.497 e. The maximum Gasteiger partial charge on any atom is 0.266 e. The molecule has 1 aromatic heterocycles. The van der Waals surface area contributed by atoms with Crippen LogP contribution in [0.5, 0.6) is 11.5 Å². The van der Waals surface area contributed by atoms with E-state index in [-0.39, 0.29) is 5.91 Å².